The second-order valence-corrected chi connectivity index (χ2v) is 4.23. The van der Waals surface area contributed by atoms with Crippen LogP contribution in [0.15, 0.2) is 23.6 Å². The molecule has 1 aliphatic rings. The van der Waals surface area contributed by atoms with E-state index in [0.29, 0.717) is 18.9 Å². The summed E-state index contributed by atoms with van der Waals surface area (Å²) in [4.78, 5) is 1.92. The molecule has 1 atom stereocenters. The van der Waals surface area contributed by atoms with Gasteiger partial charge in [0.15, 0.2) is 0 Å². The van der Waals surface area contributed by atoms with Gasteiger partial charge in [-0.25, -0.2) is 0 Å². The second-order valence-electron chi connectivity index (χ2n) is 4.23. The Bertz CT molecular complexity index is 321. The van der Waals surface area contributed by atoms with Gasteiger partial charge in [-0.3, -0.25) is 0 Å². The summed E-state index contributed by atoms with van der Waals surface area (Å²) in [5.74, 6) is -1.14. The van der Waals surface area contributed by atoms with Gasteiger partial charge < -0.3 is 15.4 Å². The lowest BCUT2D eigenvalue weighted by atomic mass is 9.98. The first-order valence-electron chi connectivity index (χ1n) is 5.32. The average Bonchev–Trinajstić information content (AvgIpc) is 2.18. The summed E-state index contributed by atoms with van der Waals surface area (Å²) in [7, 11) is 3.77. The maximum absolute atomic E-state index is 12.4. The molecule has 0 amide bonds. The minimum atomic E-state index is -4.24. The normalized spacial score (nSPS) is 21.2. The van der Waals surface area contributed by atoms with Gasteiger partial charge in [-0.2, -0.15) is 13.2 Å². The van der Waals surface area contributed by atoms with Gasteiger partial charge in [0.1, 0.15) is 12.4 Å². The predicted molar refractivity (Wildman–Crippen MR) is 59.0 cm³/mol. The van der Waals surface area contributed by atoms with Gasteiger partial charge in [-0.15, -0.1) is 0 Å². The molecular weight excluding hydrogens is 233 g/mol. The Labute approximate surface area is 98.7 Å². The molecular formula is C11H17F3N2O. The van der Waals surface area contributed by atoms with Crippen LogP contribution in [0.1, 0.15) is 6.42 Å². The molecule has 0 aromatic rings. The first kappa shape index (κ1) is 13.9. The van der Waals surface area contributed by atoms with Crippen molar-refractivity contribution >= 4 is 0 Å². The average molecular weight is 250 g/mol. The fourth-order valence-corrected chi connectivity index (χ4v) is 1.43. The SMILES string of the molecule is CN(C)CCOC1=CCC(C(F)(F)F)C=C1N. The summed E-state index contributed by atoms with van der Waals surface area (Å²) >= 11 is 0. The van der Waals surface area contributed by atoms with Crippen LogP contribution in [0.4, 0.5) is 13.2 Å². The lowest BCUT2D eigenvalue weighted by Crippen LogP contribution is -2.25. The van der Waals surface area contributed by atoms with Crippen LogP contribution in [0.2, 0.25) is 0 Å². The number of hydrogen-bond donors (Lipinski definition) is 1. The van der Waals surface area contributed by atoms with E-state index in [-0.39, 0.29) is 12.1 Å². The van der Waals surface area contributed by atoms with Gasteiger partial charge in [0.05, 0.1) is 11.6 Å². The molecule has 2 N–H and O–H groups in total. The number of alkyl halides is 3. The van der Waals surface area contributed by atoms with Gasteiger partial charge in [0, 0.05) is 6.54 Å². The third-order valence-electron chi connectivity index (χ3n) is 2.44. The van der Waals surface area contributed by atoms with Crippen molar-refractivity contribution in [3.63, 3.8) is 0 Å². The number of halogens is 3. The highest BCUT2D eigenvalue weighted by molar-refractivity contribution is 5.28. The van der Waals surface area contributed by atoms with Crippen molar-refractivity contribution in [1.82, 2.24) is 4.90 Å². The number of rotatable bonds is 4. The molecule has 0 aliphatic heterocycles. The first-order valence-corrected chi connectivity index (χ1v) is 5.32. The number of nitrogens with two attached hydrogens (primary N) is 1. The fourth-order valence-electron chi connectivity index (χ4n) is 1.43. The van der Waals surface area contributed by atoms with E-state index in [0.717, 1.165) is 6.08 Å². The first-order chi connectivity index (χ1) is 7.80. The van der Waals surface area contributed by atoms with Gasteiger partial charge >= 0.3 is 6.18 Å². The van der Waals surface area contributed by atoms with Crippen LogP contribution in [0, 0.1) is 5.92 Å². The van der Waals surface area contributed by atoms with E-state index in [1.165, 1.54) is 6.08 Å². The number of hydrogen-bond acceptors (Lipinski definition) is 3. The summed E-state index contributed by atoms with van der Waals surface area (Å²) in [5.41, 5.74) is 5.60. The van der Waals surface area contributed by atoms with Crippen molar-refractivity contribution in [3.05, 3.63) is 23.6 Å². The van der Waals surface area contributed by atoms with Gasteiger partial charge in [-0.1, -0.05) is 0 Å². The van der Waals surface area contributed by atoms with Crippen LogP contribution in [-0.2, 0) is 4.74 Å². The van der Waals surface area contributed by atoms with Crippen molar-refractivity contribution in [1.29, 1.82) is 0 Å². The van der Waals surface area contributed by atoms with Crippen LogP contribution in [0.3, 0.4) is 0 Å². The maximum Gasteiger partial charge on any atom is 0.395 e. The van der Waals surface area contributed by atoms with Crippen molar-refractivity contribution in [2.45, 2.75) is 12.6 Å². The molecule has 0 fully saturated rings. The molecule has 0 aromatic carbocycles. The van der Waals surface area contributed by atoms with E-state index >= 15 is 0 Å². The predicted octanol–water partition coefficient (Wildman–Crippen LogP) is 1.87. The van der Waals surface area contributed by atoms with Gasteiger partial charge in [-0.05, 0) is 32.7 Å². The quantitative estimate of drug-likeness (QED) is 0.827. The zero-order chi connectivity index (χ0) is 13.1. The summed E-state index contributed by atoms with van der Waals surface area (Å²) in [6.07, 6.45) is -1.92. The smallest absolute Gasteiger partial charge is 0.395 e. The van der Waals surface area contributed by atoms with E-state index < -0.39 is 12.1 Å². The highest BCUT2D eigenvalue weighted by atomic mass is 19.4. The second kappa shape index (κ2) is 5.44. The Morgan fingerprint density at radius 2 is 2.12 bits per heavy atom. The lowest BCUT2D eigenvalue weighted by Gasteiger charge is -2.22. The number of likely N-dealkylation sites (N-methyl/N-ethyl adjacent to an activating group) is 1. The molecule has 0 spiro atoms. The Morgan fingerprint density at radius 1 is 1.47 bits per heavy atom. The van der Waals surface area contributed by atoms with Crippen LogP contribution in [0.5, 0.6) is 0 Å². The summed E-state index contributed by atoms with van der Waals surface area (Å²) in [5, 5.41) is 0. The molecule has 3 nitrogen and oxygen atoms in total. The van der Waals surface area contributed by atoms with Crippen LogP contribution < -0.4 is 5.73 Å². The molecule has 0 aromatic heterocycles. The Balaban J connectivity index is 2.51. The molecule has 0 saturated carbocycles. The molecule has 0 radical (unpaired) electrons. The Kier molecular flexibility index (Phi) is 4.45. The van der Waals surface area contributed by atoms with E-state index in [9.17, 15) is 13.2 Å². The third kappa shape index (κ3) is 4.30. The zero-order valence-electron chi connectivity index (χ0n) is 9.92. The Hall–Kier alpha value is -1.17. The molecule has 1 aliphatic carbocycles. The molecule has 1 rings (SSSR count). The Morgan fingerprint density at radius 3 is 2.59 bits per heavy atom. The number of nitrogens with zero attached hydrogens (tertiary/aromatic N) is 1. The van der Waals surface area contributed by atoms with Crippen LogP contribution in [-0.4, -0.2) is 38.3 Å². The standard InChI is InChI=1S/C11H17F3N2O/c1-16(2)5-6-17-10-4-3-8(7-9(10)15)11(12,13)14/h4,7-8H,3,5-6,15H2,1-2H3. The molecule has 0 bridgehead atoms. The topological polar surface area (TPSA) is 38.5 Å². The number of ether oxygens (including phenoxy) is 1. The largest absolute Gasteiger partial charge is 0.490 e. The van der Waals surface area contributed by atoms with Gasteiger partial charge in [0.25, 0.3) is 0 Å². The van der Waals surface area contributed by atoms with Crippen LogP contribution in [0.25, 0.3) is 0 Å². The van der Waals surface area contributed by atoms with Crippen LogP contribution >= 0.6 is 0 Å². The highest BCUT2D eigenvalue weighted by Gasteiger charge is 2.39. The van der Waals surface area contributed by atoms with Crippen molar-refractivity contribution in [2.75, 3.05) is 27.2 Å². The maximum atomic E-state index is 12.4. The third-order valence-corrected chi connectivity index (χ3v) is 2.44. The number of allylic oxidation sites excluding steroid dienone is 2. The molecule has 1 unspecified atom stereocenters. The molecule has 6 heteroatoms. The summed E-state index contributed by atoms with van der Waals surface area (Å²) in [6, 6.07) is 0. The van der Waals surface area contributed by atoms with E-state index in [4.69, 9.17) is 10.5 Å². The van der Waals surface area contributed by atoms with Crippen molar-refractivity contribution in [2.24, 2.45) is 11.7 Å². The van der Waals surface area contributed by atoms with Crippen molar-refractivity contribution < 1.29 is 17.9 Å². The zero-order valence-corrected chi connectivity index (χ0v) is 9.92. The molecule has 0 heterocycles. The monoisotopic (exact) mass is 250 g/mol. The minimum Gasteiger partial charge on any atom is -0.490 e. The molecule has 98 valence electrons. The summed E-state index contributed by atoms with van der Waals surface area (Å²) in [6.45, 7) is 1.09. The van der Waals surface area contributed by atoms with Gasteiger partial charge in [0.2, 0.25) is 0 Å². The van der Waals surface area contributed by atoms with E-state index in [2.05, 4.69) is 0 Å². The highest BCUT2D eigenvalue weighted by Crippen LogP contribution is 2.34. The fraction of sp³-hybridized carbons (Fsp3) is 0.636. The summed E-state index contributed by atoms with van der Waals surface area (Å²) < 4.78 is 42.6. The molecule has 0 saturated heterocycles. The lowest BCUT2D eigenvalue weighted by molar-refractivity contribution is -0.160. The van der Waals surface area contributed by atoms with E-state index in [1.807, 2.05) is 19.0 Å². The minimum absolute atomic E-state index is 0.0670. The van der Waals surface area contributed by atoms with E-state index in [1.54, 1.807) is 0 Å². The molecule has 17 heavy (non-hydrogen) atoms. The van der Waals surface area contributed by atoms with Crippen molar-refractivity contribution in [3.8, 4) is 0 Å².